The molecule has 0 aromatic rings. The molecule has 0 rings (SSSR count). The largest absolute Gasteiger partial charge is 0.481 e. The van der Waals surface area contributed by atoms with Crippen molar-refractivity contribution < 1.29 is 24.6 Å². The molecule has 7 heteroatoms. The SMILES string of the molecule is CC(CNC(=O)C(N)CCC(=O)O)C(=O)O. The van der Waals surface area contributed by atoms with Crippen LogP contribution in [0.3, 0.4) is 0 Å². The molecule has 0 aliphatic carbocycles. The monoisotopic (exact) mass is 232 g/mol. The molecule has 2 atom stereocenters. The molecule has 92 valence electrons. The molecule has 0 spiro atoms. The number of carboxylic acids is 2. The van der Waals surface area contributed by atoms with Crippen molar-refractivity contribution in [2.75, 3.05) is 6.54 Å². The lowest BCUT2D eigenvalue weighted by molar-refractivity contribution is -0.141. The molecule has 0 heterocycles. The Hall–Kier alpha value is -1.63. The second kappa shape index (κ2) is 6.78. The Balaban J connectivity index is 3.87. The molecular weight excluding hydrogens is 216 g/mol. The van der Waals surface area contributed by atoms with Gasteiger partial charge >= 0.3 is 11.9 Å². The summed E-state index contributed by atoms with van der Waals surface area (Å²) in [4.78, 5) is 31.9. The van der Waals surface area contributed by atoms with E-state index in [0.717, 1.165) is 0 Å². The molecule has 5 N–H and O–H groups in total. The van der Waals surface area contributed by atoms with E-state index in [1.54, 1.807) is 0 Å². The third kappa shape index (κ3) is 5.97. The van der Waals surface area contributed by atoms with E-state index in [9.17, 15) is 14.4 Å². The van der Waals surface area contributed by atoms with Gasteiger partial charge in [-0.3, -0.25) is 14.4 Å². The van der Waals surface area contributed by atoms with E-state index in [1.165, 1.54) is 6.92 Å². The summed E-state index contributed by atoms with van der Waals surface area (Å²) in [5, 5.41) is 19.3. The summed E-state index contributed by atoms with van der Waals surface area (Å²) in [6.07, 6.45) is -0.161. The van der Waals surface area contributed by atoms with Gasteiger partial charge in [-0.25, -0.2) is 0 Å². The first-order chi connectivity index (χ1) is 7.34. The number of amides is 1. The van der Waals surface area contributed by atoms with Gasteiger partial charge < -0.3 is 21.3 Å². The quantitative estimate of drug-likeness (QED) is 0.446. The van der Waals surface area contributed by atoms with Gasteiger partial charge in [-0.1, -0.05) is 6.92 Å². The Morgan fingerprint density at radius 1 is 1.31 bits per heavy atom. The van der Waals surface area contributed by atoms with Gasteiger partial charge in [0.1, 0.15) is 0 Å². The summed E-state index contributed by atoms with van der Waals surface area (Å²) in [6, 6.07) is -0.919. The maximum absolute atomic E-state index is 11.3. The summed E-state index contributed by atoms with van der Waals surface area (Å²) in [6.45, 7) is 1.43. The highest BCUT2D eigenvalue weighted by Crippen LogP contribution is 1.96. The van der Waals surface area contributed by atoms with E-state index in [2.05, 4.69) is 5.32 Å². The fourth-order valence-electron chi connectivity index (χ4n) is 0.882. The van der Waals surface area contributed by atoms with Gasteiger partial charge in [0, 0.05) is 13.0 Å². The number of hydrogen-bond donors (Lipinski definition) is 4. The van der Waals surface area contributed by atoms with Gasteiger partial charge in [0.15, 0.2) is 0 Å². The molecular formula is C9H16N2O5. The van der Waals surface area contributed by atoms with Crippen LogP contribution >= 0.6 is 0 Å². The van der Waals surface area contributed by atoms with Crippen LogP contribution in [0.4, 0.5) is 0 Å². The van der Waals surface area contributed by atoms with Crippen LogP contribution in [0.5, 0.6) is 0 Å². The van der Waals surface area contributed by atoms with E-state index in [-0.39, 0.29) is 19.4 Å². The van der Waals surface area contributed by atoms with Crippen LogP contribution < -0.4 is 11.1 Å². The standard InChI is InChI=1S/C9H16N2O5/c1-5(9(15)16)4-11-8(14)6(10)2-3-7(12)13/h5-6H,2-4,10H2,1H3,(H,11,14)(H,12,13)(H,15,16). The van der Waals surface area contributed by atoms with Crippen LogP contribution in [0.1, 0.15) is 19.8 Å². The topological polar surface area (TPSA) is 130 Å². The smallest absolute Gasteiger partial charge is 0.308 e. The van der Waals surface area contributed by atoms with E-state index < -0.39 is 29.8 Å². The molecule has 0 saturated carbocycles. The van der Waals surface area contributed by atoms with Crippen LogP contribution in [0, 0.1) is 5.92 Å². The molecule has 1 amide bonds. The van der Waals surface area contributed by atoms with Crippen molar-refractivity contribution in [3.05, 3.63) is 0 Å². The summed E-state index contributed by atoms with van der Waals surface area (Å²) < 4.78 is 0. The van der Waals surface area contributed by atoms with Gasteiger partial charge in [0.05, 0.1) is 12.0 Å². The van der Waals surface area contributed by atoms with Gasteiger partial charge in [0.25, 0.3) is 0 Å². The Morgan fingerprint density at radius 2 is 1.88 bits per heavy atom. The highest BCUT2D eigenvalue weighted by atomic mass is 16.4. The molecule has 16 heavy (non-hydrogen) atoms. The van der Waals surface area contributed by atoms with Crippen molar-refractivity contribution in [3.63, 3.8) is 0 Å². The Morgan fingerprint density at radius 3 is 2.31 bits per heavy atom. The highest BCUT2D eigenvalue weighted by Gasteiger charge is 2.17. The van der Waals surface area contributed by atoms with Gasteiger partial charge in [-0.2, -0.15) is 0 Å². The molecule has 0 saturated heterocycles. The summed E-state index contributed by atoms with van der Waals surface area (Å²) in [5.41, 5.74) is 5.41. The van der Waals surface area contributed by atoms with Crippen molar-refractivity contribution in [2.45, 2.75) is 25.8 Å². The zero-order valence-electron chi connectivity index (χ0n) is 8.97. The lowest BCUT2D eigenvalue weighted by atomic mass is 10.1. The molecule has 7 nitrogen and oxygen atoms in total. The number of nitrogens with two attached hydrogens (primary N) is 1. The molecule has 0 aliphatic rings. The summed E-state index contributed by atoms with van der Waals surface area (Å²) in [7, 11) is 0. The lowest BCUT2D eigenvalue weighted by Crippen LogP contribution is -2.43. The van der Waals surface area contributed by atoms with Crippen molar-refractivity contribution in [1.82, 2.24) is 5.32 Å². The maximum Gasteiger partial charge on any atom is 0.308 e. The zero-order chi connectivity index (χ0) is 12.7. The number of carbonyl (C=O) groups excluding carboxylic acids is 1. The predicted octanol–water partition coefficient (Wildman–Crippen LogP) is -0.985. The van der Waals surface area contributed by atoms with Crippen molar-refractivity contribution in [2.24, 2.45) is 11.7 Å². The molecule has 0 aromatic carbocycles. The fraction of sp³-hybridized carbons (Fsp3) is 0.667. The minimum Gasteiger partial charge on any atom is -0.481 e. The number of carboxylic acid groups (broad SMARTS) is 2. The first-order valence-electron chi connectivity index (χ1n) is 4.82. The Labute approximate surface area is 92.6 Å². The molecule has 0 fully saturated rings. The van der Waals surface area contributed by atoms with Crippen LogP contribution in [-0.4, -0.2) is 40.6 Å². The third-order valence-electron chi connectivity index (χ3n) is 2.01. The molecule has 0 aliphatic heterocycles. The third-order valence-corrected chi connectivity index (χ3v) is 2.01. The van der Waals surface area contributed by atoms with Crippen molar-refractivity contribution in [1.29, 1.82) is 0 Å². The Bertz CT molecular complexity index is 279. The number of nitrogens with one attached hydrogen (secondary N) is 1. The predicted molar refractivity (Wildman–Crippen MR) is 54.7 cm³/mol. The first kappa shape index (κ1) is 14.4. The Kier molecular flexibility index (Phi) is 6.09. The summed E-state index contributed by atoms with van der Waals surface area (Å²) >= 11 is 0. The van der Waals surface area contributed by atoms with E-state index >= 15 is 0 Å². The number of carbonyl (C=O) groups is 3. The highest BCUT2D eigenvalue weighted by molar-refractivity contribution is 5.82. The van der Waals surface area contributed by atoms with Gasteiger partial charge in [0.2, 0.25) is 5.91 Å². The van der Waals surface area contributed by atoms with Crippen LogP contribution in [0.2, 0.25) is 0 Å². The fourth-order valence-corrected chi connectivity index (χ4v) is 0.882. The second-order valence-corrected chi connectivity index (χ2v) is 3.52. The average molecular weight is 232 g/mol. The van der Waals surface area contributed by atoms with Gasteiger partial charge in [-0.15, -0.1) is 0 Å². The number of rotatable bonds is 7. The van der Waals surface area contributed by atoms with Crippen molar-refractivity contribution >= 4 is 17.8 Å². The molecule has 0 aromatic heterocycles. The van der Waals surface area contributed by atoms with E-state index in [0.29, 0.717) is 0 Å². The van der Waals surface area contributed by atoms with Crippen LogP contribution in [0.25, 0.3) is 0 Å². The number of aliphatic carboxylic acids is 2. The van der Waals surface area contributed by atoms with E-state index in [1.807, 2.05) is 0 Å². The summed E-state index contributed by atoms with van der Waals surface area (Å²) in [5.74, 6) is -3.27. The normalized spacial score (nSPS) is 13.9. The minimum atomic E-state index is -1.03. The number of hydrogen-bond acceptors (Lipinski definition) is 4. The van der Waals surface area contributed by atoms with Gasteiger partial charge in [-0.05, 0) is 6.42 Å². The van der Waals surface area contributed by atoms with Crippen LogP contribution in [0.15, 0.2) is 0 Å². The maximum atomic E-state index is 11.3. The lowest BCUT2D eigenvalue weighted by Gasteiger charge is -2.12. The minimum absolute atomic E-state index is 0.0189. The molecule has 2 unspecified atom stereocenters. The second-order valence-electron chi connectivity index (χ2n) is 3.52. The first-order valence-corrected chi connectivity index (χ1v) is 4.82. The average Bonchev–Trinajstić information content (AvgIpc) is 2.21. The van der Waals surface area contributed by atoms with Crippen molar-refractivity contribution in [3.8, 4) is 0 Å². The zero-order valence-corrected chi connectivity index (χ0v) is 8.97. The molecule has 0 radical (unpaired) electrons. The molecule has 0 bridgehead atoms. The van der Waals surface area contributed by atoms with E-state index in [4.69, 9.17) is 15.9 Å². The van der Waals surface area contributed by atoms with Crippen LogP contribution in [-0.2, 0) is 14.4 Å².